The van der Waals surface area contributed by atoms with Crippen molar-refractivity contribution in [2.75, 3.05) is 25.0 Å². The predicted octanol–water partition coefficient (Wildman–Crippen LogP) is 1.30. The Balaban J connectivity index is 1.49. The minimum atomic E-state index is -0.221. The number of nitrogens with one attached hydrogen (secondary N) is 2. The number of likely N-dealkylation sites (tertiary alicyclic amines) is 1. The number of rotatable bonds is 7. The van der Waals surface area contributed by atoms with Crippen LogP contribution in [0.2, 0.25) is 0 Å². The van der Waals surface area contributed by atoms with Gasteiger partial charge in [0.2, 0.25) is 5.91 Å². The normalized spacial score (nSPS) is 14.0. The number of pyridine rings is 1. The minimum Gasteiger partial charge on any atom is -0.351 e. The highest BCUT2D eigenvalue weighted by Gasteiger charge is 2.19. The molecule has 2 aromatic rings. The van der Waals surface area contributed by atoms with E-state index in [-0.39, 0.29) is 11.8 Å². The first-order valence-corrected chi connectivity index (χ1v) is 8.41. The lowest BCUT2D eigenvalue weighted by atomic mass is 10.3. The lowest BCUT2D eigenvalue weighted by molar-refractivity contribution is -0.127. The third-order valence-corrected chi connectivity index (χ3v) is 4.12. The van der Waals surface area contributed by atoms with E-state index in [9.17, 15) is 9.59 Å². The van der Waals surface area contributed by atoms with E-state index in [0.717, 1.165) is 25.2 Å². The second-order valence-electron chi connectivity index (χ2n) is 5.97. The Bertz CT molecular complexity index is 757. The molecule has 2 N–H and O–H groups in total. The molecule has 0 bridgehead atoms. The van der Waals surface area contributed by atoms with Gasteiger partial charge in [-0.05, 0) is 25.0 Å². The Morgan fingerprint density at radius 3 is 2.92 bits per heavy atom. The molecule has 0 saturated carbocycles. The maximum absolute atomic E-state index is 12.2. The van der Waals surface area contributed by atoms with Crippen molar-refractivity contribution in [3.8, 4) is 0 Å². The van der Waals surface area contributed by atoms with Crippen molar-refractivity contribution < 1.29 is 9.59 Å². The topological polar surface area (TPSA) is 92.2 Å². The van der Waals surface area contributed by atoms with E-state index in [4.69, 9.17) is 0 Å². The predicted molar refractivity (Wildman–Crippen MR) is 93.5 cm³/mol. The first-order chi connectivity index (χ1) is 12.1. The highest BCUT2D eigenvalue weighted by atomic mass is 16.2. The summed E-state index contributed by atoms with van der Waals surface area (Å²) in [5.74, 6) is 1.36. The molecule has 8 heteroatoms. The molecule has 0 spiro atoms. The quantitative estimate of drug-likeness (QED) is 0.740. The fourth-order valence-corrected chi connectivity index (χ4v) is 2.76. The third kappa shape index (κ3) is 4.34. The van der Waals surface area contributed by atoms with Crippen LogP contribution >= 0.6 is 0 Å². The van der Waals surface area contributed by atoms with Gasteiger partial charge in [-0.2, -0.15) is 5.10 Å². The number of aryl methyl sites for hydroxylation is 1. The summed E-state index contributed by atoms with van der Waals surface area (Å²) >= 11 is 0. The summed E-state index contributed by atoms with van der Waals surface area (Å²) < 4.78 is 1.69. The van der Waals surface area contributed by atoms with Gasteiger partial charge in [-0.3, -0.25) is 14.3 Å². The number of nitrogens with zero attached hydrogens (tertiary/aromatic N) is 4. The van der Waals surface area contributed by atoms with Crippen LogP contribution in [0.25, 0.3) is 0 Å². The van der Waals surface area contributed by atoms with Gasteiger partial charge in [0, 0.05) is 39.2 Å². The SMILES string of the molecule is Cn1nccc1Nc1cccc(C(=O)NCCCN2CCCC2=O)n1. The van der Waals surface area contributed by atoms with Crippen LogP contribution in [0.1, 0.15) is 29.8 Å². The van der Waals surface area contributed by atoms with Crippen molar-refractivity contribution in [3.05, 3.63) is 36.2 Å². The molecule has 3 rings (SSSR count). The number of carbonyl (C=O) groups is 2. The van der Waals surface area contributed by atoms with E-state index in [1.807, 2.05) is 18.0 Å². The second kappa shape index (κ2) is 7.78. The number of aromatic nitrogens is 3. The average Bonchev–Trinajstić information content (AvgIpc) is 3.20. The summed E-state index contributed by atoms with van der Waals surface area (Å²) in [5.41, 5.74) is 0.351. The Morgan fingerprint density at radius 1 is 1.32 bits per heavy atom. The standard InChI is InChI=1S/C17H22N6O2/c1-22-15(8-10-19-22)21-14-6-2-5-13(20-14)17(25)18-9-4-12-23-11-3-7-16(23)24/h2,5-6,8,10H,3-4,7,9,11-12H2,1H3,(H,18,25)(H,20,21). The van der Waals surface area contributed by atoms with Gasteiger partial charge in [-0.1, -0.05) is 6.07 Å². The molecule has 0 aromatic carbocycles. The summed E-state index contributed by atoms with van der Waals surface area (Å²) in [6.45, 7) is 2.04. The van der Waals surface area contributed by atoms with Crippen LogP contribution in [0.3, 0.4) is 0 Å². The van der Waals surface area contributed by atoms with E-state index < -0.39 is 0 Å². The number of anilines is 2. The maximum atomic E-state index is 12.2. The number of carbonyl (C=O) groups excluding carboxylic acids is 2. The van der Waals surface area contributed by atoms with Gasteiger partial charge < -0.3 is 15.5 Å². The van der Waals surface area contributed by atoms with Crippen LogP contribution in [0.5, 0.6) is 0 Å². The van der Waals surface area contributed by atoms with Gasteiger partial charge >= 0.3 is 0 Å². The summed E-state index contributed by atoms with van der Waals surface area (Å²) in [5, 5.41) is 10.0. The second-order valence-corrected chi connectivity index (χ2v) is 5.97. The Hall–Kier alpha value is -2.90. The molecule has 2 amide bonds. The van der Waals surface area contributed by atoms with Gasteiger partial charge in [0.15, 0.2) is 0 Å². The van der Waals surface area contributed by atoms with Gasteiger partial charge in [0.25, 0.3) is 5.91 Å². The zero-order chi connectivity index (χ0) is 17.6. The lowest BCUT2D eigenvalue weighted by Crippen LogP contribution is -2.31. The molecule has 1 aliphatic rings. The van der Waals surface area contributed by atoms with E-state index >= 15 is 0 Å². The molecule has 3 heterocycles. The molecule has 8 nitrogen and oxygen atoms in total. The number of hydrogen-bond acceptors (Lipinski definition) is 5. The molecule has 0 radical (unpaired) electrons. The number of amides is 2. The smallest absolute Gasteiger partial charge is 0.269 e. The fourth-order valence-electron chi connectivity index (χ4n) is 2.76. The van der Waals surface area contributed by atoms with Crippen LogP contribution in [0.4, 0.5) is 11.6 Å². The Morgan fingerprint density at radius 2 is 2.20 bits per heavy atom. The maximum Gasteiger partial charge on any atom is 0.269 e. The number of hydrogen-bond donors (Lipinski definition) is 2. The molecule has 0 aliphatic carbocycles. The van der Waals surface area contributed by atoms with Gasteiger partial charge in [0.1, 0.15) is 17.3 Å². The van der Waals surface area contributed by atoms with Crippen LogP contribution in [0.15, 0.2) is 30.5 Å². The minimum absolute atomic E-state index is 0.210. The molecular weight excluding hydrogens is 320 g/mol. The first-order valence-electron chi connectivity index (χ1n) is 8.41. The third-order valence-electron chi connectivity index (χ3n) is 4.12. The molecule has 1 fully saturated rings. The Labute approximate surface area is 146 Å². The summed E-state index contributed by atoms with van der Waals surface area (Å²) in [7, 11) is 1.82. The van der Waals surface area contributed by atoms with Crippen LogP contribution < -0.4 is 10.6 Å². The van der Waals surface area contributed by atoms with Crippen molar-refractivity contribution >= 4 is 23.5 Å². The molecular formula is C17H22N6O2. The van der Waals surface area contributed by atoms with Crippen molar-refractivity contribution in [1.82, 2.24) is 25.0 Å². The molecule has 1 saturated heterocycles. The van der Waals surface area contributed by atoms with Crippen LogP contribution in [-0.2, 0) is 11.8 Å². The van der Waals surface area contributed by atoms with E-state index in [0.29, 0.717) is 31.0 Å². The van der Waals surface area contributed by atoms with Crippen molar-refractivity contribution in [3.63, 3.8) is 0 Å². The van der Waals surface area contributed by atoms with E-state index in [1.54, 1.807) is 29.1 Å². The summed E-state index contributed by atoms with van der Waals surface area (Å²) in [6.07, 6.45) is 4.01. The lowest BCUT2D eigenvalue weighted by Gasteiger charge is -2.15. The van der Waals surface area contributed by atoms with Gasteiger partial charge in [0.05, 0.1) is 6.20 Å². The largest absolute Gasteiger partial charge is 0.351 e. The van der Waals surface area contributed by atoms with Crippen molar-refractivity contribution in [2.24, 2.45) is 7.05 Å². The monoisotopic (exact) mass is 342 g/mol. The summed E-state index contributed by atoms with van der Waals surface area (Å²) in [6, 6.07) is 7.08. The highest BCUT2D eigenvalue weighted by Crippen LogP contribution is 2.13. The molecule has 2 aromatic heterocycles. The Kier molecular flexibility index (Phi) is 5.27. The zero-order valence-corrected chi connectivity index (χ0v) is 14.2. The highest BCUT2D eigenvalue weighted by molar-refractivity contribution is 5.92. The van der Waals surface area contributed by atoms with E-state index in [1.165, 1.54) is 0 Å². The zero-order valence-electron chi connectivity index (χ0n) is 14.2. The van der Waals surface area contributed by atoms with Crippen molar-refractivity contribution in [1.29, 1.82) is 0 Å². The van der Waals surface area contributed by atoms with Gasteiger partial charge in [-0.15, -0.1) is 0 Å². The van der Waals surface area contributed by atoms with Crippen LogP contribution in [0, 0.1) is 0 Å². The molecule has 0 unspecified atom stereocenters. The summed E-state index contributed by atoms with van der Waals surface area (Å²) in [4.78, 5) is 29.9. The first kappa shape index (κ1) is 16.9. The molecule has 1 aliphatic heterocycles. The van der Waals surface area contributed by atoms with E-state index in [2.05, 4.69) is 20.7 Å². The van der Waals surface area contributed by atoms with Gasteiger partial charge in [-0.25, -0.2) is 4.98 Å². The fraction of sp³-hybridized carbons (Fsp3) is 0.412. The average molecular weight is 342 g/mol. The van der Waals surface area contributed by atoms with Crippen molar-refractivity contribution in [2.45, 2.75) is 19.3 Å². The molecule has 25 heavy (non-hydrogen) atoms. The molecule has 0 atom stereocenters. The van der Waals surface area contributed by atoms with Crippen LogP contribution in [-0.4, -0.2) is 51.1 Å². The molecule has 132 valence electrons.